The molecule has 2 aromatic rings. The largest absolute Gasteiger partial charge is 0.490 e. The number of rotatable bonds is 7. The Kier molecular flexibility index (Phi) is 7.36. The SMILES string of the molecule is CCNC(=NCCOc1ccccc1Cl)N1CCN(Cc2ccon2)CC1. The molecule has 1 N–H and O–H groups in total. The van der Waals surface area contributed by atoms with Crippen molar-refractivity contribution in [3.63, 3.8) is 0 Å². The highest BCUT2D eigenvalue weighted by Gasteiger charge is 2.20. The molecule has 1 saturated heterocycles. The molecule has 1 aliphatic rings. The van der Waals surface area contributed by atoms with Gasteiger partial charge in [0.05, 0.1) is 17.3 Å². The first kappa shape index (κ1) is 19.5. The Balaban J connectivity index is 1.46. The molecule has 1 fully saturated rings. The summed E-state index contributed by atoms with van der Waals surface area (Å²) < 4.78 is 10.6. The number of benzene rings is 1. The van der Waals surface area contributed by atoms with Gasteiger partial charge in [-0.05, 0) is 19.1 Å². The molecular weight excluding hydrogens is 366 g/mol. The molecule has 0 saturated carbocycles. The van der Waals surface area contributed by atoms with Gasteiger partial charge in [0, 0.05) is 45.3 Å². The van der Waals surface area contributed by atoms with Crippen LogP contribution in [0, 0.1) is 0 Å². The molecular formula is C19H26ClN5O2. The van der Waals surface area contributed by atoms with Gasteiger partial charge in [-0.1, -0.05) is 28.9 Å². The number of aromatic nitrogens is 1. The van der Waals surface area contributed by atoms with Gasteiger partial charge in [0.2, 0.25) is 0 Å². The van der Waals surface area contributed by atoms with Crippen molar-refractivity contribution in [2.24, 2.45) is 4.99 Å². The van der Waals surface area contributed by atoms with Crippen LogP contribution in [0.5, 0.6) is 5.75 Å². The standard InChI is InChI=1S/C19H26ClN5O2/c1-2-21-19(22-8-14-26-18-6-4-3-5-17(18)20)25-11-9-24(10-12-25)15-16-7-13-27-23-16/h3-7,13H,2,8-12,14-15H2,1H3,(H,21,22). The van der Waals surface area contributed by atoms with Crippen LogP contribution in [0.15, 0.2) is 46.1 Å². The number of piperazine rings is 1. The maximum absolute atomic E-state index is 6.11. The van der Waals surface area contributed by atoms with Gasteiger partial charge in [0.25, 0.3) is 0 Å². The molecule has 0 amide bonds. The Labute approximate surface area is 164 Å². The third kappa shape index (κ3) is 5.87. The molecule has 3 rings (SSSR count). The predicted octanol–water partition coefficient (Wildman–Crippen LogP) is 2.49. The fourth-order valence-corrected chi connectivity index (χ4v) is 3.15. The van der Waals surface area contributed by atoms with Gasteiger partial charge in [-0.2, -0.15) is 0 Å². The third-order valence-electron chi connectivity index (χ3n) is 4.33. The number of hydrogen-bond donors (Lipinski definition) is 1. The summed E-state index contributed by atoms with van der Waals surface area (Å²) in [6, 6.07) is 9.40. The summed E-state index contributed by atoms with van der Waals surface area (Å²) in [5.41, 5.74) is 0.973. The van der Waals surface area contributed by atoms with Crippen molar-refractivity contribution in [1.29, 1.82) is 0 Å². The summed E-state index contributed by atoms with van der Waals surface area (Å²) in [7, 11) is 0. The van der Waals surface area contributed by atoms with E-state index in [-0.39, 0.29) is 0 Å². The first-order chi connectivity index (χ1) is 13.3. The van der Waals surface area contributed by atoms with Crippen LogP contribution in [0.25, 0.3) is 0 Å². The Morgan fingerprint density at radius 3 is 2.78 bits per heavy atom. The van der Waals surface area contributed by atoms with Gasteiger partial charge < -0.3 is 19.5 Å². The molecule has 1 aromatic carbocycles. The Bertz CT molecular complexity index is 715. The van der Waals surface area contributed by atoms with E-state index >= 15 is 0 Å². The van der Waals surface area contributed by atoms with Crippen molar-refractivity contribution in [1.82, 2.24) is 20.3 Å². The fraction of sp³-hybridized carbons (Fsp3) is 0.474. The summed E-state index contributed by atoms with van der Waals surface area (Å²) >= 11 is 6.11. The Morgan fingerprint density at radius 1 is 1.26 bits per heavy atom. The van der Waals surface area contributed by atoms with E-state index in [1.807, 2.05) is 30.3 Å². The summed E-state index contributed by atoms with van der Waals surface area (Å²) in [5, 5.41) is 7.98. The van der Waals surface area contributed by atoms with E-state index in [0.717, 1.165) is 50.9 Å². The number of guanidine groups is 1. The van der Waals surface area contributed by atoms with Crippen molar-refractivity contribution in [2.45, 2.75) is 13.5 Å². The zero-order chi connectivity index (χ0) is 18.9. The van der Waals surface area contributed by atoms with Crippen LogP contribution in [-0.4, -0.2) is 66.8 Å². The van der Waals surface area contributed by atoms with Crippen LogP contribution in [-0.2, 0) is 6.54 Å². The van der Waals surface area contributed by atoms with Gasteiger partial charge in [-0.25, -0.2) is 4.99 Å². The monoisotopic (exact) mass is 391 g/mol. The van der Waals surface area contributed by atoms with Crippen molar-refractivity contribution in [2.75, 3.05) is 45.9 Å². The lowest BCUT2D eigenvalue weighted by molar-refractivity contribution is 0.169. The molecule has 1 aliphatic heterocycles. The Morgan fingerprint density at radius 2 is 2.07 bits per heavy atom. The minimum atomic E-state index is 0.491. The molecule has 8 heteroatoms. The highest BCUT2D eigenvalue weighted by molar-refractivity contribution is 6.32. The van der Waals surface area contributed by atoms with Crippen LogP contribution in [0.4, 0.5) is 0 Å². The second-order valence-electron chi connectivity index (χ2n) is 6.27. The first-order valence-electron chi connectivity index (χ1n) is 9.28. The number of hydrogen-bond acceptors (Lipinski definition) is 5. The minimum Gasteiger partial charge on any atom is -0.490 e. The number of para-hydroxylation sites is 1. The van der Waals surface area contributed by atoms with Gasteiger partial charge in [-0.15, -0.1) is 0 Å². The normalized spacial score (nSPS) is 15.8. The molecule has 0 unspecified atom stereocenters. The van der Waals surface area contributed by atoms with E-state index < -0.39 is 0 Å². The van der Waals surface area contributed by atoms with Crippen molar-refractivity contribution < 1.29 is 9.26 Å². The number of aliphatic imine (C=N–C) groups is 1. The third-order valence-corrected chi connectivity index (χ3v) is 4.64. The van der Waals surface area contributed by atoms with E-state index in [9.17, 15) is 0 Å². The summed E-state index contributed by atoms with van der Waals surface area (Å²) in [6.07, 6.45) is 1.62. The smallest absolute Gasteiger partial charge is 0.194 e. The number of ether oxygens (including phenoxy) is 1. The van der Waals surface area contributed by atoms with Crippen LogP contribution in [0.3, 0.4) is 0 Å². The van der Waals surface area contributed by atoms with Crippen molar-refractivity contribution in [3.8, 4) is 5.75 Å². The van der Waals surface area contributed by atoms with Crippen LogP contribution in [0.1, 0.15) is 12.6 Å². The molecule has 7 nitrogen and oxygen atoms in total. The van der Waals surface area contributed by atoms with E-state index in [4.69, 9.17) is 25.9 Å². The molecule has 2 heterocycles. The lowest BCUT2D eigenvalue weighted by atomic mass is 10.3. The van der Waals surface area contributed by atoms with Gasteiger partial charge in [0.15, 0.2) is 5.96 Å². The average Bonchev–Trinajstić information content (AvgIpc) is 3.19. The Hall–Kier alpha value is -2.25. The molecule has 0 bridgehead atoms. The zero-order valence-electron chi connectivity index (χ0n) is 15.6. The summed E-state index contributed by atoms with van der Waals surface area (Å²) in [5.74, 6) is 1.63. The van der Waals surface area contributed by atoms with E-state index in [0.29, 0.717) is 23.9 Å². The van der Waals surface area contributed by atoms with Crippen LogP contribution in [0.2, 0.25) is 5.02 Å². The van der Waals surface area contributed by atoms with Gasteiger partial charge >= 0.3 is 0 Å². The molecule has 146 valence electrons. The average molecular weight is 392 g/mol. The molecule has 0 radical (unpaired) electrons. The molecule has 0 atom stereocenters. The van der Waals surface area contributed by atoms with Gasteiger partial charge in [0.1, 0.15) is 18.6 Å². The second-order valence-corrected chi connectivity index (χ2v) is 6.68. The maximum Gasteiger partial charge on any atom is 0.194 e. The fourth-order valence-electron chi connectivity index (χ4n) is 2.96. The lowest BCUT2D eigenvalue weighted by Crippen LogP contribution is -2.52. The van der Waals surface area contributed by atoms with E-state index in [1.54, 1.807) is 6.26 Å². The van der Waals surface area contributed by atoms with Crippen LogP contribution < -0.4 is 10.1 Å². The quantitative estimate of drug-likeness (QED) is 0.444. The summed E-state index contributed by atoms with van der Waals surface area (Å²) in [4.78, 5) is 9.36. The minimum absolute atomic E-state index is 0.491. The van der Waals surface area contributed by atoms with E-state index in [2.05, 4.69) is 27.2 Å². The topological polar surface area (TPSA) is 66.1 Å². The maximum atomic E-state index is 6.11. The first-order valence-corrected chi connectivity index (χ1v) is 9.66. The predicted molar refractivity (Wildman–Crippen MR) is 106 cm³/mol. The number of halogens is 1. The van der Waals surface area contributed by atoms with Gasteiger partial charge in [-0.3, -0.25) is 4.90 Å². The highest BCUT2D eigenvalue weighted by atomic mass is 35.5. The number of nitrogens with one attached hydrogen (secondary N) is 1. The van der Waals surface area contributed by atoms with E-state index in [1.165, 1.54) is 0 Å². The molecule has 0 spiro atoms. The highest BCUT2D eigenvalue weighted by Crippen LogP contribution is 2.22. The molecule has 0 aliphatic carbocycles. The second kappa shape index (κ2) is 10.2. The van der Waals surface area contributed by atoms with Crippen molar-refractivity contribution in [3.05, 3.63) is 47.3 Å². The number of nitrogens with zero attached hydrogens (tertiary/aromatic N) is 4. The summed E-state index contributed by atoms with van der Waals surface area (Å²) in [6.45, 7) is 8.59. The molecule has 27 heavy (non-hydrogen) atoms. The lowest BCUT2D eigenvalue weighted by Gasteiger charge is -2.36. The van der Waals surface area contributed by atoms with Crippen molar-refractivity contribution >= 4 is 17.6 Å². The van der Waals surface area contributed by atoms with Crippen LogP contribution >= 0.6 is 11.6 Å². The molecule has 1 aromatic heterocycles. The zero-order valence-corrected chi connectivity index (χ0v) is 16.4.